The van der Waals surface area contributed by atoms with Crippen molar-refractivity contribution < 1.29 is 14.3 Å². The molecule has 5 heteroatoms. The molecule has 1 unspecified atom stereocenters. The first-order valence-electron chi connectivity index (χ1n) is 7.36. The Kier molecular flexibility index (Phi) is 5.22. The minimum atomic E-state index is -0.873. The number of carbonyl (C=O) groups is 1. The predicted molar refractivity (Wildman–Crippen MR) is 80.6 cm³/mol. The fraction of sp³-hybridized carbons (Fsp3) is 0.562. The second-order valence-corrected chi connectivity index (χ2v) is 6.33. The second kappa shape index (κ2) is 6.75. The zero-order valence-corrected chi connectivity index (χ0v) is 12.9. The summed E-state index contributed by atoms with van der Waals surface area (Å²) in [7, 11) is 0. The molecule has 1 aliphatic carbocycles. The van der Waals surface area contributed by atoms with Crippen LogP contribution in [0.2, 0.25) is 5.02 Å². The van der Waals surface area contributed by atoms with Crippen molar-refractivity contribution >= 4 is 17.5 Å². The van der Waals surface area contributed by atoms with Gasteiger partial charge in [-0.1, -0.05) is 36.9 Å². The number of aliphatic hydroxyl groups is 1. The van der Waals surface area contributed by atoms with Crippen molar-refractivity contribution in [1.29, 1.82) is 0 Å². The molecule has 1 atom stereocenters. The molecule has 0 saturated heterocycles. The van der Waals surface area contributed by atoms with Gasteiger partial charge < -0.3 is 10.4 Å². The first-order valence-corrected chi connectivity index (χ1v) is 7.74. The van der Waals surface area contributed by atoms with Crippen LogP contribution in [-0.2, 0) is 4.79 Å². The summed E-state index contributed by atoms with van der Waals surface area (Å²) in [6.45, 7) is 1.81. The topological polar surface area (TPSA) is 49.3 Å². The summed E-state index contributed by atoms with van der Waals surface area (Å²) in [6, 6.07) is 4.12. The van der Waals surface area contributed by atoms with Crippen molar-refractivity contribution in [3.8, 4) is 0 Å². The molecule has 1 aromatic rings. The minimum Gasteiger partial charge on any atom is -0.389 e. The van der Waals surface area contributed by atoms with Gasteiger partial charge in [0.1, 0.15) is 5.82 Å². The molecule has 0 spiro atoms. The van der Waals surface area contributed by atoms with Gasteiger partial charge >= 0.3 is 0 Å². The molecule has 0 bridgehead atoms. The van der Waals surface area contributed by atoms with Crippen molar-refractivity contribution in [1.82, 2.24) is 5.32 Å². The number of hydrogen-bond acceptors (Lipinski definition) is 2. The standard InChI is InChI=1S/C16H21ClFNO2/c1-11(12-5-6-14(18)13(17)9-12)19-15(20)10-16(21)7-3-2-4-8-16/h5-6,9,11,21H,2-4,7-8,10H2,1H3,(H,19,20). The van der Waals surface area contributed by atoms with E-state index in [0.717, 1.165) is 24.8 Å². The maximum Gasteiger partial charge on any atom is 0.223 e. The molecular weight excluding hydrogens is 293 g/mol. The van der Waals surface area contributed by atoms with Gasteiger partial charge in [0.2, 0.25) is 5.91 Å². The maximum absolute atomic E-state index is 13.1. The Morgan fingerprint density at radius 3 is 2.71 bits per heavy atom. The lowest BCUT2D eigenvalue weighted by molar-refractivity contribution is -0.128. The second-order valence-electron chi connectivity index (χ2n) is 5.92. The molecule has 21 heavy (non-hydrogen) atoms. The van der Waals surface area contributed by atoms with Gasteiger partial charge in [-0.15, -0.1) is 0 Å². The van der Waals surface area contributed by atoms with E-state index in [1.807, 2.05) is 6.92 Å². The van der Waals surface area contributed by atoms with E-state index < -0.39 is 11.4 Å². The predicted octanol–water partition coefficient (Wildman–Crippen LogP) is 3.74. The molecule has 0 radical (unpaired) electrons. The minimum absolute atomic E-state index is 0.0412. The highest BCUT2D eigenvalue weighted by Crippen LogP contribution is 2.31. The van der Waals surface area contributed by atoms with E-state index in [2.05, 4.69) is 5.32 Å². The van der Waals surface area contributed by atoms with E-state index in [1.165, 1.54) is 12.1 Å². The van der Waals surface area contributed by atoms with Crippen molar-refractivity contribution in [3.63, 3.8) is 0 Å². The first kappa shape index (κ1) is 16.2. The highest BCUT2D eigenvalue weighted by atomic mass is 35.5. The van der Waals surface area contributed by atoms with Crippen molar-refractivity contribution in [2.75, 3.05) is 0 Å². The molecule has 1 aliphatic rings. The zero-order chi connectivity index (χ0) is 15.5. The number of nitrogens with one attached hydrogen (secondary N) is 1. The lowest BCUT2D eigenvalue weighted by Crippen LogP contribution is -2.39. The van der Waals surface area contributed by atoms with Gasteiger partial charge in [0, 0.05) is 0 Å². The lowest BCUT2D eigenvalue weighted by Gasteiger charge is -2.31. The van der Waals surface area contributed by atoms with Gasteiger partial charge in [0.25, 0.3) is 0 Å². The summed E-state index contributed by atoms with van der Waals surface area (Å²) in [6.07, 6.45) is 4.52. The molecule has 2 N–H and O–H groups in total. The van der Waals surface area contributed by atoms with Gasteiger partial charge in [0.15, 0.2) is 0 Å². The highest BCUT2D eigenvalue weighted by molar-refractivity contribution is 6.30. The molecule has 2 rings (SSSR count). The first-order chi connectivity index (χ1) is 9.89. The van der Waals surface area contributed by atoms with Gasteiger partial charge in [-0.25, -0.2) is 4.39 Å². The van der Waals surface area contributed by atoms with Crippen molar-refractivity contribution in [2.45, 2.75) is 57.1 Å². The van der Waals surface area contributed by atoms with Gasteiger partial charge in [-0.05, 0) is 37.5 Å². The van der Waals surface area contributed by atoms with Gasteiger partial charge in [0.05, 0.1) is 23.1 Å². The number of hydrogen-bond donors (Lipinski definition) is 2. The average molecular weight is 314 g/mol. The third-order valence-electron chi connectivity index (χ3n) is 4.10. The Hall–Kier alpha value is -1.13. The molecule has 1 saturated carbocycles. The maximum atomic E-state index is 13.1. The van der Waals surface area contributed by atoms with Crippen LogP contribution in [0.4, 0.5) is 4.39 Å². The third-order valence-corrected chi connectivity index (χ3v) is 4.38. The molecule has 0 heterocycles. The Balaban J connectivity index is 1.93. The summed E-state index contributed by atoms with van der Waals surface area (Å²) in [5.41, 5.74) is -0.131. The van der Waals surface area contributed by atoms with Crippen molar-refractivity contribution in [2.24, 2.45) is 0 Å². The van der Waals surface area contributed by atoms with E-state index >= 15 is 0 Å². The smallest absolute Gasteiger partial charge is 0.223 e. The van der Waals surface area contributed by atoms with Crippen LogP contribution in [0.5, 0.6) is 0 Å². The summed E-state index contributed by atoms with van der Waals surface area (Å²) < 4.78 is 13.1. The van der Waals surface area contributed by atoms with Gasteiger partial charge in [-0.2, -0.15) is 0 Å². The summed E-state index contributed by atoms with van der Waals surface area (Å²) >= 11 is 5.74. The van der Waals surface area contributed by atoms with E-state index in [4.69, 9.17) is 11.6 Å². The van der Waals surface area contributed by atoms with Crippen LogP contribution < -0.4 is 5.32 Å². The molecular formula is C16H21ClFNO2. The van der Waals surface area contributed by atoms with Crippen LogP contribution in [0, 0.1) is 5.82 Å². The fourth-order valence-electron chi connectivity index (χ4n) is 2.84. The number of benzene rings is 1. The molecule has 0 aliphatic heterocycles. The molecule has 3 nitrogen and oxygen atoms in total. The SMILES string of the molecule is CC(NC(=O)CC1(O)CCCCC1)c1ccc(F)c(Cl)c1. The molecule has 1 fully saturated rings. The summed E-state index contributed by atoms with van der Waals surface area (Å²) in [4.78, 5) is 12.1. The zero-order valence-electron chi connectivity index (χ0n) is 12.2. The van der Waals surface area contributed by atoms with Crippen molar-refractivity contribution in [3.05, 3.63) is 34.6 Å². The molecule has 0 aromatic heterocycles. The monoisotopic (exact) mass is 313 g/mol. The van der Waals surface area contributed by atoms with E-state index in [0.29, 0.717) is 12.8 Å². The number of amides is 1. The number of carbonyl (C=O) groups excluding carboxylic acids is 1. The summed E-state index contributed by atoms with van der Waals surface area (Å²) in [5, 5.41) is 13.3. The summed E-state index contributed by atoms with van der Waals surface area (Å²) in [5.74, 6) is -0.664. The van der Waals surface area contributed by atoms with E-state index in [9.17, 15) is 14.3 Å². The van der Waals surface area contributed by atoms with E-state index in [-0.39, 0.29) is 23.4 Å². The van der Waals surface area contributed by atoms with E-state index in [1.54, 1.807) is 6.07 Å². The van der Waals surface area contributed by atoms with Crippen LogP contribution in [0.25, 0.3) is 0 Å². The quantitative estimate of drug-likeness (QED) is 0.889. The highest BCUT2D eigenvalue weighted by Gasteiger charge is 2.32. The average Bonchev–Trinajstić information content (AvgIpc) is 2.41. The Labute approximate surface area is 129 Å². The normalized spacial score (nSPS) is 19.0. The van der Waals surface area contributed by atoms with Crippen LogP contribution in [0.3, 0.4) is 0 Å². The number of rotatable bonds is 4. The van der Waals surface area contributed by atoms with Crippen LogP contribution in [0.1, 0.15) is 57.1 Å². The fourth-order valence-corrected chi connectivity index (χ4v) is 3.03. The Morgan fingerprint density at radius 2 is 2.10 bits per heavy atom. The number of halogens is 2. The molecule has 116 valence electrons. The largest absolute Gasteiger partial charge is 0.389 e. The molecule has 1 amide bonds. The Morgan fingerprint density at radius 1 is 1.43 bits per heavy atom. The molecule has 1 aromatic carbocycles. The van der Waals surface area contributed by atoms with Crippen LogP contribution >= 0.6 is 11.6 Å². The Bertz CT molecular complexity index is 515. The van der Waals surface area contributed by atoms with Gasteiger partial charge in [-0.3, -0.25) is 4.79 Å². The van der Waals surface area contributed by atoms with Crippen LogP contribution in [-0.4, -0.2) is 16.6 Å². The van der Waals surface area contributed by atoms with Crippen LogP contribution in [0.15, 0.2) is 18.2 Å². The lowest BCUT2D eigenvalue weighted by atomic mass is 9.82. The third kappa shape index (κ3) is 4.42.